The summed E-state index contributed by atoms with van der Waals surface area (Å²) in [6, 6.07) is 17.3. The molecule has 0 aliphatic carbocycles. The van der Waals surface area contributed by atoms with Crippen LogP contribution in [0.1, 0.15) is 10.4 Å². The SMILES string of the molecule is COC(=O)c1ccc(-c2ccc(-c3ncc(Br)cc3OC)cc2)cc1. The molecular formula is C20H16BrNO3. The number of esters is 1. The Morgan fingerprint density at radius 1 is 0.920 bits per heavy atom. The van der Waals surface area contributed by atoms with Gasteiger partial charge in [0.05, 0.1) is 19.8 Å². The van der Waals surface area contributed by atoms with Crippen molar-refractivity contribution in [3.63, 3.8) is 0 Å². The maximum Gasteiger partial charge on any atom is 0.337 e. The number of hydrogen-bond donors (Lipinski definition) is 0. The van der Waals surface area contributed by atoms with Crippen LogP contribution in [0.5, 0.6) is 5.75 Å². The predicted molar refractivity (Wildman–Crippen MR) is 101 cm³/mol. The maximum absolute atomic E-state index is 11.5. The summed E-state index contributed by atoms with van der Waals surface area (Å²) in [7, 11) is 3.00. The van der Waals surface area contributed by atoms with Gasteiger partial charge < -0.3 is 9.47 Å². The Kier molecular flexibility index (Phi) is 5.14. The van der Waals surface area contributed by atoms with E-state index in [4.69, 9.17) is 9.47 Å². The summed E-state index contributed by atoms with van der Waals surface area (Å²) in [4.78, 5) is 15.9. The lowest BCUT2D eigenvalue weighted by Gasteiger charge is -2.09. The van der Waals surface area contributed by atoms with Gasteiger partial charge in [0, 0.05) is 16.2 Å². The molecular weight excluding hydrogens is 382 g/mol. The zero-order valence-corrected chi connectivity index (χ0v) is 15.4. The summed E-state index contributed by atoms with van der Waals surface area (Å²) in [6.07, 6.45) is 1.75. The molecule has 1 aromatic heterocycles. The Morgan fingerprint density at radius 2 is 1.48 bits per heavy atom. The van der Waals surface area contributed by atoms with E-state index < -0.39 is 0 Å². The molecule has 0 aliphatic rings. The van der Waals surface area contributed by atoms with E-state index in [0.29, 0.717) is 11.3 Å². The minimum absolute atomic E-state index is 0.338. The quantitative estimate of drug-likeness (QED) is 0.582. The molecule has 0 N–H and O–H groups in total. The Bertz CT molecular complexity index is 890. The van der Waals surface area contributed by atoms with Gasteiger partial charge in [-0.15, -0.1) is 0 Å². The number of rotatable bonds is 4. The minimum atomic E-state index is -0.338. The fourth-order valence-electron chi connectivity index (χ4n) is 2.53. The average Bonchev–Trinajstić information content (AvgIpc) is 2.67. The molecule has 0 unspecified atom stereocenters. The topological polar surface area (TPSA) is 48.4 Å². The molecule has 0 fully saturated rings. The molecule has 0 saturated carbocycles. The van der Waals surface area contributed by atoms with Gasteiger partial charge in [0.15, 0.2) is 0 Å². The first-order valence-corrected chi connectivity index (χ1v) is 8.40. The first-order chi connectivity index (χ1) is 12.1. The van der Waals surface area contributed by atoms with Gasteiger partial charge in [0.1, 0.15) is 11.4 Å². The van der Waals surface area contributed by atoms with E-state index in [1.165, 1.54) is 7.11 Å². The minimum Gasteiger partial charge on any atom is -0.494 e. The van der Waals surface area contributed by atoms with Crippen molar-refractivity contribution in [3.8, 4) is 28.1 Å². The van der Waals surface area contributed by atoms with Crippen molar-refractivity contribution >= 4 is 21.9 Å². The zero-order valence-electron chi connectivity index (χ0n) is 13.8. The summed E-state index contributed by atoms with van der Waals surface area (Å²) >= 11 is 3.40. The molecule has 1 heterocycles. The van der Waals surface area contributed by atoms with Crippen LogP contribution in [0.15, 0.2) is 65.3 Å². The second kappa shape index (κ2) is 7.49. The number of pyridine rings is 1. The van der Waals surface area contributed by atoms with Crippen molar-refractivity contribution in [2.75, 3.05) is 14.2 Å². The van der Waals surface area contributed by atoms with Gasteiger partial charge in [-0.3, -0.25) is 4.98 Å². The van der Waals surface area contributed by atoms with E-state index in [1.807, 2.05) is 42.5 Å². The zero-order chi connectivity index (χ0) is 17.8. The largest absolute Gasteiger partial charge is 0.494 e. The van der Waals surface area contributed by atoms with Crippen LogP contribution in [-0.2, 0) is 4.74 Å². The number of aromatic nitrogens is 1. The van der Waals surface area contributed by atoms with Crippen LogP contribution in [0.4, 0.5) is 0 Å². The van der Waals surface area contributed by atoms with Crippen LogP contribution in [0.2, 0.25) is 0 Å². The van der Waals surface area contributed by atoms with Gasteiger partial charge in [-0.2, -0.15) is 0 Å². The molecule has 0 saturated heterocycles. The van der Waals surface area contributed by atoms with E-state index in [-0.39, 0.29) is 5.97 Å². The molecule has 3 aromatic rings. The number of carbonyl (C=O) groups is 1. The number of nitrogens with zero attached hydrogens (tertiary/aromatic N) is 1. The lowest BCUT2D eigenvalue weighted by molar-refractivity contribution is 0.0601. The third kappa shape index (κ3) is 3.72. The Morgan fingerprint density at radius 3 is 2.04 bits per heavy atom. The molecule has 126 valence electrons. The fraction of sp³-hybridized carbons (Fsp3) is 0.100. The van der Waals surface area contributed by atoms with Crippen LogP contribution < -0.4 is 4.74 Å². The summed E-state index contributed by atoms with van der Waals surface area (Å²) in [5, 5.41) is 0. The standard InChI is InChI=1S/C20H16BrNO3/c1-24-18-11-17(21)12-22-19(18)15-7-3-13(4-8-15)14-5-9-16(10-6-14)20(23)25-2/h3-12H,1-2H3. The van der Waals surface area contributed by atoms with Crippen molar-refractivity contribution in [2.45, 2.75) is 0 Å². The number of benzene rings is 2. The van der Waals surface area contributed by atoms with Crippen molar-refractivity contribution in [1.82, 2.24) is 4.98 Å². The summed E-state index contributed by atoms with van der Waals surface area (Å²) in [5.74, 6) is 0.375. The molecule has 0 spiro atoms. The van der Waals surface area contributed by atoms with Crippen LogP contribution >= 0.6 is 15.9 Å². The summed E-state index contributed by atoms with van der Waals surface area (Å²) in [6.45, 7) is 0. The molecule has 0 amide bonds. The third-order valence-electron chi connectivity index (χ3n) is 3.84. The van der Waals surface area contributed by atoms with Gasteiger partial charge in [-0.05, 0) is 45.3 Å². The molecule has 2 aromatic carbocycles. The first kappa shape index (κ1) is 17.2. The molecule has 0 atom stereocenters. The molecule has 3 rings (SSSR count). The Labute approximate surface area is 154 Å². The Balaban J connectivity index is 1.89. The average molecular weight is 398 g/mol. The number of carbonyl (C=O) groups excluding carboxylic acids is 1. The Hall–Kier alpha value is -2.66. The number of ether oxygens (including phenoxy) is 2. The second-order valence-corrected chi connectivity index (χ2v) is 6.27. The maximum atomic E-state index is 11.5. The molecule has 4 nitrogen and oxygen atoms in total. The highest BCUT2D eigenvalue weighted by molar-refractivity contribution is 9.10. The van der Waals surface area contributed by atoms with E-state index >= 15 is 0 Å². The number of methoxy groups -OCH3 is 2. The fourth-order valence-corrected chi connectivity index (χ4v) is 2.84. The van der Waals surface area contributed by atoms with E-state index in [0.717, 1.165) is 26.9 Å². The monoisotopic (exact) mass is 397 g/mol. The van der Waals surface area contributed by atoms with Crippen LogP contribution in [0.3, 0.4) is 0 Å². The molecule has 5 heteroatoms. The highest BCUT2D eigenvalue weighted by atomic mass is 79.9. The summed E-state index contributed by atoms with van der Waals surface area (Å²) in [5.41, 5.74) is 4.37. The third-order valence-corrected chi connectivity index (χ3v) is 4.27. The molecule has 25 heavy (non-hydrogen) atoms. The second-order valence-electron chi connectivity index (χ2n) is 5.35. The highest BCUT2D eigenvalue weighted by Gasteiger charge is 2.09. The van der Waals surface area contributed by atoms with Crippen LogP contribution in [0, 0.1) is 0 Å². The van der Waals surface area contributed by atoms with Crippen LogP contribution in [-0.4, -0.2) is 25.2 Å². The van der Waals surface area contributed by atoms with Crippen molar-refractivity contribution in [1.29, 1.82) is 0 Å². The number of halogens is 1. The lowest BCUT2D eigenvalue weighted by atomic mass is 10.0. The van der Waals surface area contributed by atoms with Gasteiger partial charge >= 0.3 is 5.97 Å². The van der Waals surface area contributed by atoms with E-state index in [1.54, 1.807) is 25.4 Å². The smallest absolute Gasteiger partial charge is 0.337 e. The van der Waals surface area contributed by atoms with Crippen molar-refractivity contribution < 1.29 is 14.3 Å². The van der Waals surface area contributed by atoms with E-state index in [2.05, 4.69) is 20.9 Å². The van der Waals surface area contributed by atoms with Crippen molar-refractivity contribution in [2.24, 2.45) is 0 Å². The van der Waals surface area contributed by atoms with Gasteiger partial charge in [0.2, 0.25) is 0 Å². The predicted octanol–water partition coefficient (Wildman–Crippen LogP) is 4.97. The summed E-state index contributed by atoms with van der Waals surface area (Å²) < 4.78 is 11.0. The number of hydrogen-bond acceptors (Lipinski definition) is 4. The lowest BCUT2D eigenvalue weighted by Crippen LogP contribution is -2.00. The highest BCUT2D eigenvalue weighted by Crippen LogP contribution is 2.31. The van der Waals surface area contributed by atoms with E-state index in [9.17, 15) is 4.79 Å². The molecule has 0 radical (unpaired) electrons. The van der Waals surface area contributed by atoms with Gasteiger partial charge in [0.25, 0.3) is 0 Å². The molecule has 0 aliphatic heterocycles. The van der Waals surface area contributed by atoms with Gasteiger partial charge in [-0.1, -0.05) is 36.4 Å². The first-order valence-electron chi connectivity index (χ1n) is 7.61. The van der Waals surface area contributed by atoms with Crippen LogP contribution in [0.25, 0.3) is 22.4 Å². The van der Waals surface area contributed by atoms with Crippen molar-refractivity contribution in [3.05, 3.63) is 70.8 Å². The van der Waals surface area contributed by atoms with Gasteiger partial charge in [-0.25, -0.2) is 4.79 Å². The normalized spacial score (nSPS) is 10.4. The molecule has 0 bridgehead atoms.